The van der Waals surface area contributed by atoms with Gasteiger partial charge in [-0.2, -0.15) is 0 Å². The molecule has 0 aromatic carbocycles. The van der Waals surface area contributed by atoms with Gasteiger partial charge in [-0.3, -0.25) is 0 Å². The van der Waals surface area contributed by atoms with E-state index in [2.05, 4.69) is 46.1 Å². The summed E-state index contributed by atoms with van der Waals surface area (Å²) in [4.78, 5) is 4.76. The number of nitrogens with two attached hydrogens (primary N) is 1. The molecule has 0 saturated heterocycles. The van der Waals surface area contributed by atoms with E-state index in [9.17, 15) is 0 Å². The topological polar surface area (TPSA) is 53.1 Å². The third-order valence-corrected chi connectivity index (χ3v) is 3.35. The second kappa shape index (κ2) is 5.53. The Balaban J connectivity index is 3.22. The predicted octanol–water partition coefficient (Wildman–Crippen LogP) is 3.14. The van der Waals surface area contributed by atoms with E-state index in [1.165, 1.54) is 0 Å². The van der Waals surface area contributed by atoms with E-state index >= 15 is 0 Å². The molecule has 1 rings (SSSR count). The van der Waals surface area contributed by atoms with Crippen LogP contribution in [0.5, 0.6) is 0 Å². The van der Waals surface area contributed by atoms with Gasteiger partial charge in [0.25, 0.3) is 0 Å². The van der Waals surface area contributed by atoms with Gasteiger partial charge in [0.15, 0.2) is 0 Å². The average molecular weight is 267 g/mol. The lowest BCUT2D eigenvalue weighted by Gasteiger charge is -2.26. The van der Waals surface area contributed by atoms with E-state index in [4.69, 9.17) is 15.5 Å². The maximum atomic E-state index is 6.33. The normalized spacial score (nSPS) is 13.0. The minimum Gasteiger partial charge on any atom is -0.384 e. The third-order valence-electron chi connectivity index (χ3n) is 3.35. The molecule has 19 heavy (non-hydrogen) atoms. The Hall–Kier alpha value is -1.03. The third kappa shape index (κ3) is 3.72. The Morgan fingerprint density at radius 1 is 1.21 bits per heavy atom. The van der Waals surface area contributed by atoms with Crippen molar-refractivity contribution in [3.63, 3.8) is 0 Å². The highest BCUT2D eigenvalue weighted by Gasteiger charge is 2.27. The first kappa shape index (κ1) is 16.0. The minimum atomic E-state index is -0.241. The van der Waals surface area contributed by atoms with Crippen molar-refractivity contribution in [1.82, 2.24) is 9.55 Å². The van der Waals surface area contributed by atoms with Crippen LogP contribution in [0.15, 0.2) is 0 Å². The molecule has 1 aromatic heterocycles. The van der Waals surface area contributed by atoms with E-state index in [0.717, 1.165) is 36.6 Å². The Bertz CT molecular complexity index is 427. The summed E-state index contributed by atoms with van der Waals surface area (Å²) < 4.78 is 7.65. The molecule has 0 aliphatic rings. The molecule has 0 saturated carbocycles. The average Bonchev–Trinajstić information content (AvgIpc) is 2.55. The molecule has 0 amide bonds. The van der Waals surface area contributed by atoms with Crippen molar-refractivity contribution in [2.45, 2.75) is 71.9 Å². The lowest BCUT2D eigenvalue weighted by Crippen LogP contribution is -2.27. The molecule has 4 heteroatoms. The van der Waals surface area contributed by atoms with Crippen LogP contribution in [-0.2, 0) is 23.1 Å². The van der Waals surface area contributed by atoms with Gasteiger partial charge in [0.2, 0.25) is 0 Å². The smallest absolute Gasteiger partial charge is 0.127 e. The van der Waals surface area contributed by atoms with E-state index in [0.29, 0.717) is 0 Å². The maximum Gasteiger partial charge on any atom is 0.127 e. The van der Waals surface area contributed by atoms with Crippen molar-refractivity contribution in [3.8, 4) is 0 Å². The van der Waals surface area contributed by atoms with Crippen LogP contribution >= 0.6 is 0 Å². The fourth-order valence-electron chi connectivity index (χ4n) is 2.28. The first-order valence-corrected chi connectivity index (χ1v) is 7.04. The number of hydrogen-bond donors (Lipinski definition) is 1. The van der Waals surface area contributed by atoms with Gasteiger partial charge in [0, 0.05) is 25.5 Å². The number of ether oxygens (including phenoxy) is 1. The molecule has 1 heterocycles. The minimum absolute atomic E-state index is 0.0446. The summed E-state index contributed by atoms with van der Waals surface area (Å²) in [6.45, 7) is 12.8. The molecule has 0 unspecified atom stereocenters. The number of aryl methyl sites for hydroxylation is 1. The molecule has 0 spiro atoms. The van der Waals surface area contributed by atoms with Gasteiger partial charge in [-0.25, -0.2) is 4.98 Å². The van der Waals surface area contributed by atoms with Gasteiger partial charge in [0.05, 0.1) is 11.3 Å². The number of hydrogen-bond acceptors (Lipinski definition) is 3. The monoisotopic (exact) mass is 267 g/mol. The lowest BCUT2D eigenvalue weighted by molar-refractivity contribution is 0.0226. The van der Waals surface area contributed by atoms with Crippen molar-refractivity contribution in [1.29, 1.82) is 0 Å². The van der Waals surface area contributed by atoms with Crippen LogP contribution in [0.3, 0.4) is 0 Å². The second-order valence-corrected chi connectivity index (χ2v) is 6.76. The van der Waals surface area contributed by atoms with Crippen LogP contribution in [0.2, 0.25) is 0 Å². The van der Waals surface area contributed by atoms with Crippen LogP contribution in [0.4, 0.5) is 5.82 Å². The number of nitrogens with zero attached hydrogens (tertiary/aromatic N) is 2. The van der Waals surface area contributed by atoms with Gasteiger partial charge in [-0.1, -0.05) is 6.92 Å². The quantitative estimate of drug-likeness (QED) is 0.891. The lowest BCUT2D eigenvalue weighted by atomic mass is 10.0. The molecule has 1 aromatic rings. The number of anilines is 1. The Labute approximate surface area is 117 Å². The molecule has 0 fully saturated rings. The first-order chi connectivity index (χ1) is 8.62. The fraction of sp³-hybridized carbons (Fsp3) is 0.800. The fourth-order valence-corrected chi connectivity index (χ4v) is 2.28. The molecular formula is C15H29N3O. The van der Waals surface area contributed by atoms with E-state index in [1.54, 1.807) is 7.11 Å². The van der Waals surface area contributed by atoms with E-state index in [-0.39, 0.29) is 11.1 Å². The highest BCUT2D eigenvalue weighted by Crippen LogP contribution is 2.28. The molecule has 0 bridgehead atoms. The summed E-state index contributed by atoms with van der Waals surface area (Å²) in [6.07, 6.45) is 2.75. The largest absolute Gasteiger partial charge is 0.384 e. The Morgan fingerprint density at radius 2 is 1.79 bits per heavy atom. The van der Waals surface area contributed by atoms with Crippen molar-refractivity contribution >= 4 is 5.82 Å². The zero-order valence-corrected chi connectivity index (χ0v) is 13.5. The first-order valence-electron chi connectivity index (χ1n) is 7.04. The summed E-state index contributed by atoms with van der Waals surface area (Å²) in [6, 6.07) is 0. The van der Waals surface area contributed by atoms with Crippen LogP contribution < -0.4 is 5.73 Å². The molecule has 4 nitrogen and oxygen atoms in total. The second-order valence-electron chi connectivity index (χ2n) is 6.76. The molecule has 0 atom stereocenters. The van der Waals surface area contributed by atoms with Crippen molar-refractivity contribution < 1.29 is 4.74 Å². The molecular weight excluding hydrogens is 238 g/mol. The van der Waals surface area contributed by atoms with E-state index in [1.807, 2.05) is 0 Å². The summed E-state index contributed by atoms with van der Waals surface area (Å²) in [7, 11) is 1.73. The van der Waals surface area contributed by atoms with Crippen molar-refractivity contribution in [3.05, 3.63) is 11.5 Å². The molecule has 2 N–H and O–H groups in total. The summed E-state index contributed by atoms with van der Waals surface area (Å²) in [5, 5.41) is 0. The van der Waals surface area contributed by atoms with Gasteiger partial charge in [-0.05, 0) is 41.0 Å². The zero-order valence-electron chi connectivity index (χ0n) is 13.5. The number of imidazole rings is 1. The number of aromatic nitrogens is 2. The summed E-state index contributed by atoms with van der Waals surface area (Å²) in [5.41, 5.74) is 6.99. The number of methoxy groups -OCH3 is 1. The Kier molecular flexibility index (Phi) is 4.67. The van der Waals surface area contributed by atoms with Gasteiger partial charge in [-0.15, -0.1) is 0 Å². The van der Waals surface area contributed by atoms with Crippen LogP contribution in [0.1, 0.15) is 59.5 Å². The highest BCUT2D eigenvalue weighted by atomic mass is 16.5. The van der Waals surface area contributed by atoms with Crippen LogP contribution in [-0.4, -0.2) is 22.3 Å². The molecule has 0 aliphatic heterocycles. The standard InChI is InChI=1S/C15H29N3O/c1-8-9-12-17-11(10-15(5,6)19-7)13(16)18(12)14(2,3)4/h8-10,16H2,1-7H3. The summed E-state index contributed by atoms with van der Waals surface area (Å²) in [5.74, 6) is 1.86. The van der Waals surface area contributed by atoms with Crippen LogP contribution in [0.25, 0.3) is 0 Å². The highest BCUT2D eigenvalue weighted by molar-refractivity contribution is 5.40. The number of rotatable bonds is 5. The Morgan fingerprint density at radius 3 is 2.21 bits per heavy atom. The zero-order chi connectivity index (χ0) is 14.8. The number of nitrogen functional groups attached to an aromatic ring is 1. The van der Waals surface area contributed by atoms with Gasteiger partial charge in [0.1, 0.15) is 11.6 Å². The summed E-state index contributed by atoms with van der Waals surface area (Å²) >= 11 is 0. The van der Waals surface area contributed by atoms with Crippen molar-refractivity contribution in [2.24, 2.45) is 0 Å². The molecule has 0 aliphatic carbocycles. The van der Waals surface area contributed by atoms with Gasteiger partial charge < -0.3 is 15.0 Å². The van der Waals surface area contributed by atoms with Crippen LogP contribution in [0, 0.1) is 0 Å². The molecule has 110 valence electrons. The van der Waals surface area contributed by atoms with E-state index < -0.39 is 0 Å². The maximum absolute atomic E-state index is 6.33. The van der Waals surface area contributed by atoms with Gasteiger partial charge >= 0.3 is 0 Å². The molecule has 0 radical (unpaired) electrons. The SMILES string of the molecule is CCCc1nc(CC(C)(C)OC)c(N)n1C(C)(C)C. The predicted molar refractivity (Wildman–Crippen MR) is 80.4 cm³/mol. The van der Waals surface area contributed by atoms with Crippen molar-refractivity contribution in [2.75, 3.05) is 12.8 Å².